The first-order chi connectivity index (χ1) is 16.9. The normalized spacial score (nSPS) is 11.5. The summed E-state index contributed by atoms with van der Waals surface area (Å²) >= 11 is 0. The summed E-state index contributed by atoms with van der Waals surface area (Å²) in [6, 6.07) is 44.8. The third kappa shape index (κ3) is 2.89. The van der Waals surface area contributed by atoms with Gasteiger partial charge in [-0.15, -0.1) is 0 Å². The fourth-order valence-corrected chi connectivity index (χ4v) is 5.01. The van der Waals surface area contributed by atoms with Gasteiger partial charge in [0.25, 0.3) is 0 Å². The van der Waals surface area contributed by atoms with Crippen LogP contribution in [-0.2, 0) is 0 Å². The van der Waals surface area contributed by atoms with Crippen molar-refractivity contribution in [3.8, 4) is 0 Å². The third-order valence-corrected chi connectivity index (χ3v) is 6.61. The molecule has 0 radical (unpaired) electrons. The van der Waals surface area contributed by atoms with Crippen LogP contribution in [0, 0.1) is 0 Å². The van der Waals surface area contributed by atoms with Gasteiger partial charge in [-0.25, -0.2) is 0 Å². The lowest BCUT2D eigenvalue weighted by Gasteiger charge is -2.25. The summed E-state index contributed by atoms with van der Waals surface area (Å²) in [5.41, 5.74) is 5.05. The van der Waals surface area contributed by atoms with Crippen molar-refractivity contribution in [3.63, 3.8) is 0 Å². The molecule has 0 saturated heterocycles. The van der Waals surface area contributed by atoms with Crippen LogP contribution in [-0.4, -0.2) is 0 Å². The zero-order valence-corrected chi connectivity index (χ0v) is 18.5. The van der Waals surface area contributed by atoms with Gasteiger partial charge in [-0.3, -0.25) is 0 Å². The summed E-state index contributed by atoms with van der Waals surface area (Å²) in [7, 11) is 0. The van der Waals surface area contributed by atoms with E-state index in [1.165, 1.54) is 16.2 Å². The lowest BCUT2D eigenvalue weighted by molar-refractivity contribution is 0.673. The van der Waals surface area contributed by atoms with Crippen LogP contribution in [0.15, 0.2) is 132 Å². The molecule has 0 amide bonds. The molecular weight excluding hydrogens is 414 g/mol. The number of hydrogen-bond acceptors (Lipinski definition) is 2. The van der Waals surface area contributed by atoms with Crippen LogP contribution in [0.4, 0.5) is 17.1 Å². The minimum Gasteiger partial charge on any atom is -0.453 e. The Labute approximate surface area is 197 Å². The lowest BCUT2D eigenvalue weighted by Crippen LogP contribution is -2.10. The van der Waals surface area contributed by atoms with Gasteiger partial charge in [0.2, 0.25) is 0 Å². The van der Waals surface area contributed by atoms with E-state index >= 15 is 0 Å². The number of benzene rings is 6. The summed E-state index contributed by atoms with van der Waals surface area (Å²) < 4.78 is 6.67. The molecule has 34 heavy (non-hydrogen) atoms. The van der Waals surface area contributed by atoms with Crippen molar-refractivity contribution in [1.82, 2.24) is 0 Å². The smallest absolute Gasteiger partial charge is 0.159 e. The topological polar surface area (TPSA) is 16.4 Å². The largest absolute Gasteiger partial charge is 0.453 e. The monoisotopic (exact) mass is 435 g/mol. The highest BCUT2D eigenvalue weighted by molar-refractivity contribution is 6.17. The van der Waals surface area contributed by atoms with Crippen molar-refractivity contribution < 1.29 is 4.42 Å². The predicted octanol–water partition coefficient (Wildman–Crippen LogP) is 9.36. The Balaban J connectivity index is 1.54. The van der Waals surface area contributed by atoms with E-state index < -0.39 is 0 Å². The molecule has 2 heteroatoms. The molecule has 7 aromatic rings. The first kappa shape index (κ1) is 19.0. The Morgan fingerprint density at radius 3 is 1.97 bits per heavy atom. The van der Waals surface area contributed by atoms with Gasteiger partial charge >= 0.3 is 0 Å². The molecule has 0 aliphatic heterocycles. The number of anilines is 3. The van der Waals surface area contributed by atoms with Crippen LogP contribution in [0.3, 0.4) is 0 Å². The van der Waals surface area contributed by atoms with Crippen LogP contribution in [0.1, 0.15) is 0 Å². The van der Waals surface area contributed by atoms with Crippen LogP contribution in [0.25, 0.3) is 43.5 Å². The number of furan rings is 1. The zero-order chi connectivity index (χ0) is 22.5. The molecular formula is C32H21NO. The number of para-hydroxylation sites is 2. The number of hydrogen-bond donors (Lipinski definition) is 0. The third-order valence-electron chi connectivity index (χ3n) is 6.61. The van der Waals surface area contributed by atoms with Gasteiger partial charge in [-0.05, 0) is 52.6 Å². The molecule has 0 spiro atoms. The Morgan fingerprint density at radius 2 is 1.09 bits per heavy atom. The minimum atomic E-state index is 0.894. The summed E-state index contributed by atoms with van der Waals surface area (Å²) in [6.45, 7) is 0. The quantitative estimate of drug-likeness (QED) is 0.275. The maximum Gasteiger partial charge on any atom is 0.159 e. The Hall–Kier alpha value is -4.56. The highest BCUT2D eigenvalue weighted by Gasteiger charge is 2.20. The van der Waals surface area contributed by atoms with Crippen LogP contribution in [0.2, 0.25) is 0 Å². The van der Waals surface area contributed by atoms with E-state index in [1.807, 2.05) is 0 Å². The highest BCUT2D eigenvalue weighted by atomic mass is 16.3. The molecule has 6 aromatic carbocycles. The second kappa shape index (κ2) is 7.50. The van der Waals surface area contributed by atoms with Gasteiger partial charge in [0.1, 0.15) is 5.58 Å². The van der Waals surface area contributed by atoms with E-state index in [4.69, 9.17) is 4.42 Å². The fourth-order valence-electron chi connectivity index (χ4n) is 5.01. The molecule has 0 unspecified atom stereocenters. The van der Waals surface area contributed by atoms with Crippen molar-refractivity contribution in [2.24, 2.45) is 0 Å². The highest BCUT2D eigenvalue weighted by Crippen LogP contribution is 2.43. The summed E-state index contributed by atoms with van der Waals surface area (Å²) in [5, 5.41) is 7.03. The van der Waals surface area contributed by atoms with Crippen molar-refractivity contribution >= 4 is 60.5 Å². The molecule has 1 aromatic heterocycles. The Kier molecular flexibility index (Phi) is 4.18. The van der Waals surface area contributed by atoms with Crippen molar-refractivity contribution in [2.75, 3.05) is 4.90 Å². The average molecular weight is 436 g/mol. The molecule has 0 aliphatic rings. The Morgan fingerprint density at radius 1 is 0.412 bits per heavy atom. The Bertz CT molecular complexity index is 1810. The second-order valence-corrected chi connectivity index (χ2v) is 8.62. The summed E-state index contributed by atoms with van der Waals surface area (Å²) in [6.07, 6.45) is 0. The first-order valence-electron chi connectivity index (χ1n) is 11.5. The molecule has 0 saturated carbocycles. The standard InChI is InChI=1S/C32H21NO/c1-2-12-25(13-3-1)33(26-19-17-22-9-4-5-11-24(22)21-26)30-16-8-15-28-29-20-18-23-10-6-7-14-27(23)31(29)34-32(28)30/h1-21H. The minimum absolute atomic E-state index is 0.894. The first-order valence-corrected chi connectivity index (χ1v) is 11.5. The van der Waals surface area contributed by atoms with Gasteiger partial charge in [-0.1, -0.05) is 91.0 Å². The van der Waals surface area contributed by atoms with E-state index in [0.29, 0.717) is 0 Å². The van der Waals surface area contributed by atoms with Crippen LogP contribution < -0.4 is 4.90 Å². The van der Waals surface area contributed by atoms with Gasteiger partial charge in [0.05, 0.1) is 5.69 Å². The molecule has 160 valence electrons. The van der Waals surface area contributed by atoms with Gasteiger partial charge in [0.15, 0.2) is 5.58 Å². The van der Waals surface area contributed by atoms with Crippen molar-refractivity contribution in [1.29, 1.82) is 0 Å². The van der Waals surface area contributed by atoms with E-state index in [9.17, 15) is 0 Å². The van der Waals surface area contributed by atoms with Crippen molar-refractivity contribution in [2.45, 2.75) is 0 Å². The van der Waals surface area contributed by atoms with Crippen LogP contribution in [0.5, 0.6) is 0 Å². The van der Waals surface area contributed by atoms with Crippen LogP contribution >= 0.6 is 0 Å². The summed E-state index contributed by atoms with van der Waals surface area (Å²) in [5.74, 6) is 0. The second-order valence-electron chi connectivity index (χ2n) is 8.62. The molecule has 1 heterocycles. The molecule has 0 N–H and O–H groups in total. The number of fused-ring (bicyclic) bond motifs is 6. The molecule has 0 fully saturated rings. The summed E-state index contributed by atoms with van der Waals surface area (Å²) in [4.78, 5) is 2.29. The molecule has 2 nitrogen and oxygen atoms in total. The predicted molar refractivity (Wildman–Crippen MR) is 143 cm³/mol. The molecule has 0 bridgehead atoms. The fraction of sp³-hybridized carbons (Fsp3) is 0. The molecule has 0 aliphatic carbocycles. The number of nitrogens with zero attached hydrogens (tertiary/aromatic N) is 1. The maximum absolute atomic E-state index is 6.67. The number of rotatable bonds is 3. The maximum atomic E-state index is 6.67. The zero-order valence-electron chi connectivity index (χ0n) is 18.5. The van der Waals surface area contributed by atoms with Crippen molar-refractivity contribution in [3.05, 3.63) is 127 Å². The SMILES string of the molecule is c1ccc(N(c2ccc3ccccc3c2)c2cccc3c2oc2c4ccccc4ccc32)cc1. The van der Waals surface area contributed by atoms with E-state index in [-0.39, 0.29) is 0 Å². The average Bonchev–Trinajstić information content (AvgIpc) is 3.30. The molecule has 0 atom stereocenters. The van der Waals surface area contributed by atoms with Gasteiger partial charge in [0, 0.05) is 27.5 Å². The van der Waals surface area contributed by atoms with Gasteiger partial charge in [-0.2, -0.15) is 0 Å². The van der Waals surface area contributed by atoms with E-state index in [0.717, 1.165) is 44.4 Å². The van der Waals surface area contributed by atoms with E-state index in [2.05, 4.69) is 132 Å². The van der Waals surface area contributed by atoms with E-state index in [1.54, 1.807) is 0 Å². The van der Waals surface area contributed by atoms with Gasteiger partial charge < -0.3 is 9.32 Å². The lowest BCUT2D eigenvalue weighted by atomic mass is 10.0. The molecule has 7 rings (SSSR count).